The molecular formula is C18H12ClN3O2S. The van der Waals surface area contributed by atoms with Gasteiger partial charge in [0.25, 0.3) is 0 Å². The highest BCUT2D eigenvalue weighted by Crippen LogP contribution is 2.39. The van der Waals surface area contributed by atoms with Crippen molar-refractivity contribution in [3.63, 3.8) is 0 Å². The molecule has 0 saturated carbocycles. The Bertz CT molecular complexity index is 1120. The predicted molar refractivity (Wildman–Crippen MR) is 98.4 cm³/mol. The van der Waals surface area contributed by atoms with Gasteiger partial charge in [-0.3, -0.25) is 0 Å². The first-order valence-electron chi connectivity index (χ1n) is 7.49. The van der Waals surface area contributed by atoms with E-state index in [2.05, 4.69) is 10.1 Å². The monoisotopic (exact) mass is 369 g/mol. The lowest BCUT2D eigenvalue weighted by Gasteiger charge is -2.01. The first-order chi connectivity index (χ1) is 12.1. The van der Waals surface area contributed by atoms with Gasteiger partial charge in [-0.2, -0.15) is 5.10 Å². The fraction of sp³-hybridized carbons (Fsp3) is 0.0556. The number of fused-ring (bicyclic) bond motifs is 1. The van der Waals surface area contributed by atoms with Crippen LogP contribution in [0.3, 0.4) is 0 Å². The Hall–Kier alpha value is -2.70. The zero-order valence-electron chi connectivity index (χ0n) is 13.1. The van der Waals surface area contributed by atoms with Gasteiger partial charge in [-0.25, -0.2) is 14.3 Å². The molecule has 0 aliphatic rings. The molecule has 0 aliphatic carbocycles. The number of halogens is 1. The molecular weight excluding hydrogens is 358 g/mol. The number of aromatic nitrogens is 3. The van der Waals surface area contributed by atoms with E-state index >= 15 is 0 Å². The van der Waals surface area contributed by atoms with Gasteiger partial charge in [0.2, 0.25) is 0 Å². The van der Waals surface area contributed by atoms with E-state index in [1.165, 1.54) is 0 Å². The van der Waals surface area contributed by atoms with Gasteiger partial charge < -0.3 is 5.11 Å². The third-order valence-corrected chi connectivity index (χ3v) is 5.27. The van der Waals surface area contributed by atoms with Gasteiger partial charge >= 0.3 is 5.97 Å². The number of nitrogens with zero attached hydrogens (tertiary/aromatic N) is 3. The Morgan fingerprint density at radius 1 is 1.20 bits per heavy atom. The lowest BCUT2D eigenvalue weighted by Crippen LogP contribution is -1.95. The zero-order chi connectivity index (χ0) is 17.6. The molecule has 4 rings (SSSR count). The zero-order valence-corrected chi connectivity index (χ0v) is 14.7. The van der Waals surface area contributed by atoms with Crippen LogP contribution < -0.4 is 0 Å². The summed E-state index contributed by atoms with van der Waals surface area (Å²) in [5, 5.41) is 15.2. The number of aryl methyl sites for hydroxylation is 1. The number of thiazole rings is 1. The number of hydrogen-bond donors (Lipinski definition) is 1. The largest absolute Gasteiger partial charge is 0.477 e. The average Bonchev–Trinajstić information content (AvgIpc) is 3.15. The molecule has 124 valence electrons. The van der Waals surface area contributed by atoms with Crippen molar-refractivity contribution in [1.29, 1.82) is 0 Å². The highest BCUT2D eigenvalue weighted by atomic mass is 35.5. The third-order valence-electron chi connectivity index (χ3n) is 3.88. The second-order valence-corrected chi connectivity index (χ2v) is 6.88. The minimum Gasteiger partial charge on any atom is -0.477 e. The molecule has 4 aromatic rings. The maximum atomic E-state index is 11.7. The maximum Gasteiger partial charge on any atom is 0.348 e. The van der Waals surface area contributed by atoms with Gasteiger partial charge in [-0.1, -0.05) is 35.9 Å². The number of carboxylic acid groups (broad SMARTS) is 1. The van der Waals surface area contributed by atoms with Crippen molar-refractivity contribution in [1.82, 2.24) is 14.6 Å². The van der Waals surface area contributed by atoms with E-state index in [1.54, 1.807) is 22.7 Å². The number of pyridine rings is 1. The third kappa shape index (κ3) is 2.59. The number of aromatic carboxylic acids is 1. The Kier molecular flexibility index (Phi) is 3.78. The first-order valence-corrected chi connectivity index (χ1v) is 8.69. The van der Waals surface area contributed by atoms with Crippen molar-refractivity contribution in [3.05, 3.63) is 64.3 Å². The Morgan fingerprint density at radius 2 is 1.96 bits per heavy atom. The summed E-state index contributed by atoms with van der Waals surface area (Å²) in [6, 6.07) is 12.9. The highest BCUT2D eigenvalue weighted by Gasteiger charge is 2.23. The van der Waals surface area contributed by atoms with Crippen molar-refractivity contribution < 1.29 is 9.90 Å². The van der Waals surface area contributed by atoms with Crippen molar-refractivity contribution in [2.45, 2.75) is 6.92 Å². The second kappa shape index (κ2) is 5.98. The van der Waals surface area contributed by atoms with Crippen LogP contribution in [0.5, 0.6) is 0 Å². The van der Waals surface area contributed by atoms with Crippen LogP contribution in [-0.4, -0.2) is 25.7 Å². The molecule has 0 bridgehead atoms. The lowest BCUT2D eigenvalue weighted by molar-refractivity contribution is 0.0702. The summed E-state index contributed by atoms with van der Waals surface area (Å²) in [5.74, 6) is -1.02. The smallest absolute Gasteiger partial charge is 0.348 e. The molecule has 0 aliphatic heterocycles. The van der Waals surface area contributed by atoms with E-state index in [0.717, 1.165) is 28.1 Å². The minimum absolute atomic E-state index is 0.165. The van der Waals surface area contributed by atoms with Crippen molar-refractivity contribution in [3.8, 4) is 21.8 Å². The molecule has 0 amide bonds. The van der Waals surface area contributed by atoms with E-state index in [1.807, 2.05) is 37.4 Å². The van der Waals surface area contributed by atoms with E-state index in [-0.39, 0.29) is 4.88 Å². The van der Waals surface area contributed by atoms with Gasteiger partial charge in [0.1, 0.15) is 9.88 Å². The first kappa shape index (κ1) is 15.8. The van der Waals surface area contributed by atoms with Crippen LogP contribution in [0.1, 0.15) is 15.4 Å². The fourth-order valence-electron chi connectivity index (χ4n) is 2.79. The lowest BCUT2D eigenvalue weighted by atomic mass is 10.1. The minimum atomic E-state index is -1.02. The van der Waals surface area contributed by atoms with Crippen molar-refractivity contribution in [2.75, 3.05) is 0 Å². The molecule has 3 aromatic heterocycles. The van der Waals surface area contributed by atoms with Crippen LogP contribution in [-0.2, 0) is 0 Å². The number of hydrogen-bond acceptors (Lipinski definition) is 4. The fourth-order valence-corrected chi connectivity index (χ4v) is 4.04. The number of benzene rings is 1. The van der Waals surface area contributed by atoms with Crippen molar-refractivity contribution in [2.24, 2.45) is 0 Å². The summed E-state index contributed by atoms with van der Waals surface area (Å²) in [6.07, 6.45) is 1.85. The average molecular weight is 370 g/mol. The highest BCUT2D eigenvalue weighted by molar-refractivity contribution is 7.17. The summed E-state index contributed by atoms with van der Waals surface area (Å²) in [6.45, 7) is 1.89. The molecule has 0 atom stereocenters. The van der Waals surface area contributed by atoms with Crippen LogP contribution in [0.15, 0.2) is 48.7 Å². The molecule has 0 fully saturated rings. The molecule has 3 heterocycles. The van der Waals surface area contributed by atoms with E-state index in [0.29, 0.717) is 21.3 Å². The maximum absolute atomic E-state index is 11.7. The number of carboxylic acids is 1. The molecule has 7 heteroatoms. The van der Waals surface area contributed by atoms with Gasteiger partial charge in [0.15, 0.2) is 0 Å². The standard InChI is InChI=1S/C18H12ClN3O2S/c1-10-14(13-8-4-5-9-22(13)21-10)17-20-15(16(25-17)18(23)24)11-6-2-3-7-12(11)19/h2-9H,1H3,(H,23,24). The SMILES string of the molecule is Cc1nn2ccccc2c1-c1nc(-c2ccccc2Cl)c(C(=O)O)s1. The Balaban J connectivity index is 1.98. The Labute approximate surface area is 152 Å². The Morgan fingerprint density at radius 3 is 2.72 bits per heavy atom. The predicted octanol–water partition coefficient (Wildman–Crippen LogP) is 4.78. The van der Waals surface area contributed by atoms with Crippen LogP contribution >= 0.6 is 22.9 Å². The number of carbonyl (C=O) groups is 1. The summed E-state index contributed by atoms with van der Waals surface area (Å²) in [7, 11) is 0. The summed E-state index contributed by atoms with van der Waals surface area (Å²) >= 11 is 7.39. The molecule has 1 N–H and O–H groups in total. The van der Waals surface area contributed by atoms with Crippen molar-refractivity contribution >= 4 is 34.4 Å². The number of rotatable bonds is 3. The molecule has 1 aromatic carbocycles. The molecule has 0 radical (unpaired) electrons. The van der Waals surface area contributed by atoms with Gasteiger partial charge in [0, 0.05) is 11.8 Å². The molecule has 25 heavy (non-hydrogen) atoms. The van der Waals surface area contributed by atoms with Crippen LogP contribution in [0.2, 0.25) is 5.02 Å². The summed E-state index contributed by atoms with van der Waals surface area (Å²) in [5.41, 5.74) is 3.51. The van der Waals surface area contributed by atoms with Crippen LogP contribution in [0.4, 0.5) is 0 Å². The van der Waals surface area contributed by atoms with Crippen LogP contribution in [0, 0.1) is 6.92 Å². The second-order valence-electron chi connectivity index (χ2n) is 5.47. The molecule has 0 saturated heterocycles. The normalized spacial score (nSPS) is 11.1. The molecule has 5 nitrogen and oxygen atoms in total. The van der Waals surface area contributed by atoms with E-state index in [4.69, 9.17) is 11.6 Å². The quantitative estimate of drug-likeness (QED) is 0.564. The van der Waals surface area contributed by atoms with Gasteiger partial charge in [-0.15, -0.1) is 11.3 Å². The van der Waals surface area contributed by atoms with Crippen LogP contribution in [0.25, 0.3) is 27.3 Å². The van der Waals surface area contributed by atoms with E-state index in [9.17, 15) is 9.90 Å². The van der Waals surface area contributed by atoms with Gasteiger partial charge in [0.05, 0.1) is 27.5 Å². The summed E-state index contributed by atoms with van der Waals surface area (Å²) < 4.78 is 1.77. The summed E-state index contributed by atoms with van der Waals surface area (Å²) in [4.78, 5) is 16.5. The molecule has 0 unspecified atom stereocenters. The molecule has 0 spiro atoms. The van der Waals surface area contributed by atoms with Gasteiger partial charge in [-0.05, 0) is 25.1 Å². The topological polar surface area (TPSA) is 67.5 Å². The van der Waals surface area contributed by atoms with E-state index < -0.39 is 5.97 Å².